The van der Waals surface area contributed by atoms with Crippen molar-refractivity contribution < 1.29 is 27.4 Å². The molecule has 1 spiro atoms. The second kappa shape index (κ2) is 12.4. The summed E-state index contributed by atoms with van der Waals surface area (Å²) >= 11 is 6.44. The molecule has 2 fully saturated rings. The van der Waals surface area contributed by atoms with Crippen molar-refractivity contribution in [3.8, 4) is 5.75 Å². The van der Waals surface area contributed by atoms with Crippen LogP contribution in [0.15, 0.2) is 36.4 Å². The Morgan fingerprint density at radius 3 is 2.58 bits per heavy atom. The average Bonchev–Trinajstić information content (AvgIpc) is 3.50. The zero-order chi connectivity index (χ0) is 31.3. The minimum absolute atomic E-state index is 0.105. The summed E-state index contributed by atoms with van der Waals surface area (Å²) in [5.74, 6) is 1.18. The summed E-state index contributed by atoms with van der Waals surface area (Å²) in [6.07, 6.45) is 7.66. The number of hydrogen-bond donors (Lipinski definition) is 1. The van der Waals surface area contributed by atoms with E-state index in [1.54, 1.807) is 13.0 Å². The number of carbonyl (C=O) groups is 1. The Balaban J connectivity index is 1.29. The van der Waals surface area contributed by atoms with Gasteiger partial charge >= 0.3 is 0 Å². The molecule has 8 nitrogen and oxygen atoms in total. The normalized spacial score (nSPS) is 33.7. The van der Waals surface area contributed by atoms with Gasteiger partial charge in [-0.1, -0.05) is 31.0 Å². The number of sulfonamides is 1. The number of benzene rings is 2. The largest absolute Gasteiger partial charge is 0.490 e. The van der Waals surface area contributed by atoms with Gasteiger partial charge in [0.25, 0.3) is 5.91 Å². The number of nitrogens with zero attached hydrogens (tertiary/aromatic N) is 1. The van der Waals surface area contributed by atoms with Crippen LogP contribution in [0.5, 0.6) is 5.75 Å². The van der Waals surface area contributed by atoms with E-state index >= 15 is 0 Å². The topological polar surface area (TPSA) is 94.2 Å². The van der Waals surface area contributed by atoms with Gasteiger partial charge in [0.05, 0.1) is 30.8 Å². The molecule has 1 amide bonds. The first-order valence-corrected chi connectivity index (χ1v) is 18.7. The highest BCUT2D eigenvalue weighted by Gasteiger charge is 2.46. The zero-order valence-electron chi connectivity index (χ0n) is 26.3. The number of rotatable bonds is 1. The molecule has 2 bridgehead atoms. The van der Waals surface area contributed by atoms with E-state index in [0.717, 1.165) is 80.9 Å². The van der Waals surface area contributed by atoms with Gasteiger partial charge < -0.3 is 19.1 Å². The van der Waals surface area contributed by atoms with Crippen molar-refractivity contribution in [2.45, 2.75) is 82.2 Å². The number of ether oxygens (including phenoxy) is 3. The summed E-state index contributed by atoms with van der Waals surface area (Å²) in [5.41, 5.74) is 3.51. The molecule has 1 saturated carbocycles. The van der Waals surface area contributed by atoms with Gasteiger partial charge in [-0.2, -0.15) is 0 Å². The van der Waals surface area contributed by atoms with Crippen LogP contribution in [0.2, 0.25) is 5.02 Å². The number of hydrogen-bond acceptors (Lipinski definition) is 7. The van der Waals surface area contributed by atoms with Crippen LogP contribution in [0.25, 0.3) is 0 Å². The number of carbonyl (C=O) groups excluding carboxylic acids is 1. The fourth-order valence-electron chi connectivity index (χ4n) is 8.60. The van der Waals surface area contributed by atoms with Gasteiger partial charge in [0.2, 0.25) is 10.0 Å². The van der Waals surface area contributed by atoms with E-state index in [9.17, 15) is 13.2 Å². The third-order valence-electron chi connectivity index (χ3n) is 11.5. The highest BCUT2D eigenvalue weighted by Crippen LogP contribution is 2.49. The van der Waals surface area contributed by atoms with Crippen molar-refractivity contribution in [1.29, 1.82) is 0 Å². The molecule has 2 aromatic carbocycles. The Kier molecular flexibility index (Phi) is 8.59. The number of fused-ring (bicyclic) bond motifs is 4. The van der Waals surface area contributed by atoms with E-state index in [-0.39, 0.29) is 23.5 Å². The Bertz CT molecular complexity index is 1540. The number of aryl methyl sites for hydroxylation is 1. The Morgan fingerprint density at radius 2 is 1.80 bits per heavy atom. The monoisotopic (exact) mass is 656 g/mol. The van der Waals surface area contributed by atoms with Crippen LogP contribution in [-0.2, 0) is 31.3 Å². The molecule has 5 aliphatic rings. The molecule has 3 heterocycles. The van der Waals surface area contributed by atoms with Crippen molar-refractivity contribution >= 4 is 33.2 Å². The lowest BCUT2D eigenvalue weighted by Crippen LogP contribution is -2.50. The maximum absolute atomic E-state index is 13.5. The predicted octanol–water partition coefficient (Wildman–Crippen LogP) is 6.10. The SMILES string of the molecule is C[C@@H]1[C@@H](C)CCC[C@H](C2OCCO2)[C@@H]2CC[C@H]2CN2C[C@@]3(CCCc4cc(Cl)ccc43)COc3ccc(cc32)C(=O)NS1(=O)=O. The van der Waals surface area contributed by atoms with Gasteiger partial charge in [0, 0.05) is 35.0 Å². The molecule has 7 rings (SSSR count). The van der Waals surface area contributed by atoms with Crippen molar-refractivity contribution in [2.24, 2.45) is 23.7 Å². The molecule has 244 valence electrons. The maximum Gasteiger partial charge on any atom is 0.264 e. The number of nitrogens with one attached hydrogen (secondary N) is 1. The maximum atomic E-state index is 13.5. The van der Waals surface area contributed by atoms with E-state index in [0.29, 0.717) is 37.2 Å². The minimum atomic E-state index is -3.88. The van der Waals surface area contributed by atoms with Crippen molar-refractivity contribution in [1.82, 2.24) is 4.72 Å². The Hall–Kier alpha value is -2.33. The molecule has 10 heteroatoms. The zero-order valence-corrected chi connectivity index (χ0v) is 27.9. The van der Waals surface area contributed by atoms with Crippen molar-refractivity contribution in [3.63, 3.8) is 0 Å². The molecule has 0 radical (unpaired) electrons. The third-order valence-corrected chi connectivity index (χ3v) is 13.6. The first kappa shape index (κ1) is 31.3. The van der Waals surface area contributed by atoms with E-state index in [1.807, 2.05) is 25.1 Å². The van der Waals surface area contributed by atoms with Crippen LogP contribution in [0.1, 0.15) is 80.3 Å². The van der Waals surface area contributed by atoms with Gasteiger partial charge in [-0.25, -0.2) is 13.1 Å². The van der Waals surface area contributed by atoms with Gasteiger partial charge in [0.1, 0.15) is 5.75 Å². The van der Waals surface area contributed by atoms with Crippen LogP contribution in [0, 0.1) is 23.7 Å². The first-order chi connectivity index (χ1) is 21.6. The summed E-state index contributed by atoms with van der Waals surface area (Å²) in [6, 6.07) is 11.6. The van der Waals surface area contributed by atoms with Gasteiger partial charge in [-0.05, 0) is 111 Å². The summed E-state index contributed by atoms with van der Waals surface area (Å²) in [4.78, 5) is 15.9. The highest BCUT2D eigenvalue weighted by atomic mass is 35.5. The van der Waals surface area contributed by atoms with Crippen molar-refractivity contribution in [3.05, 3.63) is 58.1 Å². The summed E-state index contributed by atoms with van der Waals surface area (Å²) < 4.78 is 48.0. The molecule has 0 aromatic heterocycles. The van der Waals surface area contributed by atoms with Crippen molar-refractivity contribution in [2.75, 3.05) is 37.8 Å². The van der Waals surface area contributed by atoms with Crippen LogP contribution in [-0.4, -0.2) is 58.8 Å². The van der Waals surface area contributed by atoms with E-state index < -0.39 is 21.2 Å². The molecule has 0 unspecified atom stereocenters. The smallest absolute Gasteiger partial charge is 0.264 e. The predicted molar refractivity (Wildman–Crippen MR) is 174 cm³/mol. The van der Waals surface area contributed by atoms with Gasteiger partial charge in [-0.15, -0.1) is 0 Å². The Labute approximate surface area is 272 Å². The quantitative estimate of drug-likeness (QED) is 0.397. The second-order valence-corrected chi connectivity index (χ2v) is 16.6. The Morgan fingerprint density at radius 1 is 0.978 bits per heavy atom. The number of halogens is 1. The molecule has 45 heavy (non-hydrogen) atoms. The van der Waals surface area contributed by atoms with E-state index in [4.69, 9.17) is 25.8 Å². The second-order valence-electron chi connectivity index (χ2n) is 14.2. The fourth-order valence-corrected chi connectivity index (χ4v) is 10.1. The number of anilines is 1. The molecule has 3 aliphatic heterocycles. The van der Waals surface area contributed by atoms with E-state index in [1.165, 1.54) is 11.1 Å². The third kappa shape index (κ3) is 5.99. The molecule has 1 saturated heterocycles. The van der Waals surface area contributed by atoms with E-state index in [2.05, 4.69) is 21.8 Å². The summed E-state index contributed by atoms with van der Waals surface area (Å²) in [7, 11) is -3.88. The lowest BCUT2D eigenvalue weighted by atomic mass is 9.64. The minimum Gasteiger partial charge on any atom is -0.490 e. The van der Waals surface area contributed by atoms with Gasteiger partial charge in [-0.3, -0.25) is 4.79 Å². The molecule has 1 N–H and O–H groups in total. The van der Waals surface area contributed by atoms with Crippen LogP contribution < -0.4 is 14.4 Å². The standard InChI is InChI=1S/C35H45ClN2O6S/c1-22-5-3-7-29(34-42-15-16-43-34)28-11-8-26(28)19-38-20-35(14-4-6-24-17-27(36)10-12-30(24)35)21-44-32-13-9-25(18-31(32)38)33(39)37-45(40,41)23(22)2/h9-10,12-13,17-18,22-23,26,28-29,34H,3-8,11,14-16,19-21H2,1-2H3,(H,37,39)/t22-,23+,26-,28+,29-,35-/m0/s1. The molecule has 2 aromatic rings. The lowest BCUT2D eigenvalue weighted by molar-refractivity contribution is -0.123. The highest BCUT2D eigenvalue weighted by molar-refractivity contribution is 7.90. The fraction of sp³-hybridized carbons (Fsp3) is 0.629. The molecule has 2 aliphatic carbocycles. The summed E-state index contributed by atoms with van der Waals surface area (Å²) in [5, 5.41) is 0.0475. The van der Waals surface area contributed by atoms with Crippen LogP contribution >= 0.6 is 11.6 Å². The molecule has 6 atom stereocenters. The van der Waals surface area contributed by atoms with Gasteiger partial charge in [0.15, 0.2) is 6.29 Å². The van der Waals surface area contributed by atoms with Crippen LogP contribution in [0.4, 0.5) is 5.69 Å². The van der Waals surface area contributed by atoms with Crippen LogP contribution in [0.3, 0.4) is 0 Å². The average molecular weight is 657 g/mol. The number of amides is 1. The summed E-state index contributed by atoms with van der Waals surface area (Å²) in [6.45, 7) is 7.01. The molecular weight excluding hydrogens is 612 g/mol. The molecular formula is C35H45ClN2O6S. The first-order valence-electron chi connectivity index (χ1n) is 16.7. The lowest BCUT2D eigenvalue weighted by Gasteiger charge is -2.47.